The highest BCUT2D eigenvalue weighted by molar-refractivity contribution is 7.90. The lowest BCUT2D eigenvalue weighted by Gasteiger charge is -2.58. The maximum Gasteiger partial charge on any atom is 0.297 e. The Balaban J connectivity index is 0.739. The third-order valence-electron chi connectivity index (χ3n) is 18.6. The number of aromatic nitrogens is 3. The van der Waals surface area contributed by atoms with Crippen LogP contribution >= 0.6 is 0 Å². The number of para-hydroxylation sites is 1. The molecule has 1 saturated carbocycles. The van der Waals surface area contributed by atoms with Gasteiger partial charge in [-0.15, -0.1) is 0 Å². The number of fused-ring (bicyclic) bond motifs is 5. The number of aryl methyl sites for hydroxylation is 1. The summed E-state index contributed by atoms with van der Waals surface area (Å²) in [6.07, 6.45) is 9.51. The first kappa shape index (κ1) is 53.6. The Morgan fingerprint density at radius 1 is 0.867 bits per heavy atom. The molecule has 1 amide bonds. The van der Waals surface area contributed by atoms with Gasteiger partial charge in [0.25, 0.3) is 21.6 Å². The van der Waals surface area contributed by atoms with Crippen LogP contribution in [0.3, 0.4) is 0 Å². The van der Waals surface area contributed by atoms with Crippen molar-refractivity contribution < 1.29 is 46.6 Å². The number of nitrogens with one attached hydrogen (secondary N) is 3. The quantitative estimate of drug-likeness (QED) is 0.0769. The summed E-state index contributed by atoms with van der Waals surface area (Å²) in [5, 5.41) is 16.7. The van der Waals surface area contributed by atoms with Crippen molar-refractivity contribution >= 4 is 61.2 Å². The van der Waals surface area contributed by atoms with Gasteiger partial charge in [0.1, 0.15) is 41.4 Å². The van der Waals surface area contributed by atoms with E-state index in [4.69, 9.17) is 38.4 Å². The molecule has 22 heteroatoms. The normalized spacial score (nSPS) is 23.6. The molecule has 5 fully saturated rings. The van der Waals surface area contributed by atoms with Crippen LogP contribution in [0.5, 0.6) is 23.1 Å². The highest BCUT2D eigenvalue weighted by Crippen LogP contribution is 2.54. The summed E-state index contributed by atoms with van der Waals surface area (Å²) in [5.41, 5.74) is 4.78. The van der Waals surface area contributed by atoms with E-state index in [1.165, 1.54) is 11.6 Å². The minimum atomic E-state index is -4.72. The first-order valence-electron chi connectivity index (χ1n) is 29.5. The summed E-state index contributed by atoms with van der Waals surface area (Å²) < 4.78 is 67.8. The number of nitrogens with zero attached hydrogens (tertiary/aromatic N) is 7. The number of ether oxygens (including phenoxy) is 6. The number of H-pyrrole nitrogens is 1. The fraction of sp³-hybridized carbons (Fsp3) is 0.492. The molecule has 3 aromatic carbocycles. The topological polar surface area (TPSA) is 228 Å². The molecule has 4 atom stereocenters. The van der Waals surface area contributed by atoms with Gasteiger partial charge in [0.15, 0.2) is 11.4 Å². The van der Waals surface area contributed by atoms with E-state index in [-0.39, 0.29) is 65.8 Å². The second-order valence-corrected chi connectivity index (χ2v) is 25.6. The molecular formula is C61H70N10O11S. The summed E-state index contributed by atoms with van der Waals surface area (Å²) >= 11 is 0. The van der Waals surface area contributed by atoms with Gasteiger partial charge in [-0.2, -0.15) is 4.98 Å². The van der Waals surface area contributed by atoms with E-state index in [9.17, 15) is 23.3 Å². The number of amides is 1. The predicted molar refractivity (Wildman–Crippen MR) is 311 cm³/mol. The van der Waals surface area contributed by atoms with Crippen molar-refractivity contribution in [1.29, 1.82) is 0 Å². The number of rotatable bonds is 12. The molecule has 0 unspecified atom stereocenters. The van der Waals surface area contributed by atoms with Gasteiger partial charge >= 0.3 is 0 Å². The minimum Gasteiger partial charge on any atom is -0.492 e. The number of hydrogen-bond donors (Lipinski definition) is 3. The van der Waals surface area contributed by atoms with Gasteiger partial charge in [-0.1, -0.05) is 18.2 Å². The molecule has 1 aliphatic carbocycles. The van der Waals surface area contributed by atoms with E-state index in [0.717, 1.165) is 131 Å². The number of aromatic amines is 1. The van der Waals surface area contributed by atoms with Gasteiger partial charge in [0, 0.05) is 93.6 Å². The van der Waals surface area contributed by atoms with E-state index < -0.39 is 37.5 Å². The van der Waals surface area contributed by atoms with Crippen LogP contribution in [0.2, 0.25) is 0 Å². The number of nitro benzene ring substituents is 1. The molecule has 3 aromatic heterocycles. The van der Waals surface area contributed by atoms with Crippen LogP contribution in [0.1, 0.15) is 92.9 Å². The summed E-state index contributed by atoms with van der Waals surface area (Å²) in [6.45, 7) is 11.1. The van der Waals surface area contributed by atoms with Crippen molar-refractivity contribution in [3.05, 3.63) is 112 Å². The van der Waals surface area contributed by atoms with Gasteiger partial charge in [0.05, 0.1) is 64.2 Å². The Hall–Kier alpha value is -7.40. The predicted octanol–water partition coefficient (Wildman–Crippen LogP) is 8.70. The van der Waals surface area contributed by atoms with Crippen LogP contribution < -0.4 is 43.7 Å². The average molecular weight is 1150 g/mol. The van der Waals surface area contributed by atoms with Crippen LogP contribution in [0, 0.1) is 21.4 Å². The molecule has 436 valence electrons. The Morgan fingerprint density at radius 3 is 2.53 bits per heavy atom. The van der Waals surface area contributed by atoms with Crippen LogP contribution in [-0.2, 0) is 25.9 Å². The number of carbonyl (C=O) groups excluding carboxylic acids is 1. The molecule has 1 spiro atoms. The van der Waals surface area contributed by atoms with Crippen LogP contribution in [0.25, 0.3) is 11.0 Å². The monoisotopic (exact) mass is 1150 g/mol. The zero-order valence-electron chi connectivity index (χ0n) is 46.8. The van der Waals surface area contributed by atoms with Gasteiger partial charge in [-0.25, -0.2) is 18.1 Å². The number of piperazine rings is 1. The molecule has 83 heavy (non-hydrogen) atoms. The molecule has 10 heterocycles. The summed E-state index contributed by atoms with van der Waals surface area (Å²) in [4.78, 5) is 49.3. The third-order valence-corrected chi connectivity index (χ3v) is 19.9. The van der Waals surface area contributed by atoms with Gasteiger partial charge < -0.3 is 53.4 Å². The molecule has 14 rings (SSSR count). The molecule has 3 N–H and O–H groups in total. The van der Waals surface area contributed by atoms with Gasteiger partial charge in [-0.3, -0.25) is 19.8 Å². The van der Waals surface area contributed by atoms with E-state index in [1.54, 1.807) is 6.07 Å². The Labute approximate surface area is 482 Å². The molecular weight excluding hydrogens is 1080 g/mol. The molecule has 8 aliphatic rings. The van der Waals surface area contributed by atoms with Crippen molar-refractivity contribution in [3.63, 3.8) is 0 Å². The highest BCUT2D eigenvalue weighted by atomic mass is 32.2. The van der Waals surface area contributed by atoms with Crippen molar-refractivity contribution in [2.75, 3.05) is 92.4 Å². The SMILES string of the molecule is CC(C)Oc1ccccc1[C@@H]1CN(c2ccc3c(n2)CCCO3)CCN1C1CC2(CCN(c3ccc(C(=O)NS(=O)(=O)c4cc5c(c([N+](=O)[O-])c4)N[C@H](C4CCOCC4)CO5)c(N4c5cc6cc[nH]c6nc5O[C@H]5COCC[C@@H]54)c3)CC2)C1. The largest absolute Gasteiger partial charge is 0.492 e. The van der Waals surface area contributed by atoms with Crippen molar-refractivity contribution in [2.45, 2.75) is 113 Å². The standard InChI is InChI=1S/C61H70N10O11S/c1-37(2)81-52-8-4-3-6-43(52)51-34-68(56-12-11-53-45(63-56)7-5-24-79-53)22-23-69(51)41-32-61(33-41)17-20-67(21-18-61)40-9-10-44(48(29-40)70-47-16-27-78-36-55(47)82-60-50(70)28-39-13-19-62-58(39)65-60)59(72)66-83(75,76)42-30-49(71(73)74)57-54(31-42)80-35-46(64-57)38-14-25-77-26-15-38/h3-4,6,8-13,19,28-31,37-38,41,46-47,51,55,64H,5,7,14-18,20-27,32-36H2,1-2H3,(H,62,65)(H,66,72)/t46-,47-,51-,55-/m0/s1. The fourth-order valence-electron chi connectivity index (χ4n) is 14.3. The molecule has 7 aliphatic heterocycles. The molecule has 21 nitrogen and oxygen atoms in total. The molecule has 6 aromatic rings. The van der Waals surface area contributed by atoms with Crippen molar-refractivity contribution in [1.82, 2.24) is 24.6 Å². The van der Waals surface area contributed by atoms with Crippen LogP contribution in [0.15, 0.2) is 90.0 Å². The number of hydrogen-bond acceptors (Lipinski definition) is 18. The van der Waals surface area contributed by atoms with Crippen LogP contribution in [0.4, 0.5) is 34.3 Å². The van der Waals surface area contributed by atoms with Gasteiger partial charge in [0.2, 0.25) is 5.88 Å². The first-order valence-corrected chi connectivity index (χ1v) is 31.0. The number of pyridine rings is 2. The fourth-order valence-corrected chi connectivity index (χ4v) is 15.3. The zero-order chi connectivity index (χ0) is 56.6. The number of carbonyl (C=O) groups is 1. The lowest BCUT2D eigenvalue weighted by molar-refractivity contribution is -0.384. The molecule has 4 saturated heterocycles. The second kappa shape index (κ2) is 21.7. The maximum absolute atomic E-state index is 15.0. The Bertz CT molecular complexity index is 3580. The minimum absolute atomic E-state index is 0.0239. The number of piperidine rings is 1. The summed E-state index contributed by atoms with van der Waals surface area (Å²) in [6, 6.07) is 24.4. The lowest BCUT2D eigenvalue weighted by atomic mass is 9.59. The lowest BCUT2D eigenvalue weighted by Crippen LogP contribution is -2.60. The van der Waals surface area contributed by atoms with Gasteiger partial charge in [-0.05, 0) is 131 Å². The van der Waals surface area contributed by atoms with Crippen molar-refractivity contribution in [3.8, 4) is 23.1 Å². The first-order chi connectivity index (χ1) is 40.3. The molecule has 0 radical (unpaired) electrons. The maximum atomic E-state index is 15.0. The van der Waals surface area contributed by atoms with E-state index in [0.29, 0.717) is 55.2 Å². The number of benzene rings is 3. The molecule has 0 bridgehead atoms. The van der Waals surface area contributed by atoms with E-state index in [2.05, 4.69) is 84.9 Å². The smallest absolute Gasteiger partial charge is 0.297 e. The Morgan fingerprint density at radius 2 is 1.70 bits per heavy atom. The second-order valence-electron chi connectivity index (χ2n) is 23.9. The third kappa shape index (κ3) is 10.2. The highest BCUT2D eigenvalue weighted by Gasteiger charge is 2.51. The summed E-state index contributed by atoms with van der Waals surface area (Å²) in [7, 11) is -4.72. The Kier molecular flexibility index (Phi) is 14.0. The van der Waals surface area contributed by atoms with E-state index >= 15 is 0 Å². The van der Waals surface area contributed by atoms with Crippen molar-refractivity contribution in [2.24, 2.45) is 11.3 Å². The van der Waals surface area contributed by atoms with Crippen LogP contribution in [-0.4, -0.2) is 142 Å². The number of anilines is 5. The summed E-state index contributed by atoms with van der Waals surface area (Å²) in [5.74, 6) is 2.45. The zero-order valence-corrected chi connectivity index (χ0v) is 47.6. The average Bonchev–Trinajstić information content (AvgIpc) is 3.80. The van der Waals surface area contributed by atoms with E-state index in [1.807, 2.05) is 30.5 Å². The number of sulfonamides is 1. The number of nitro groups is 1.